The zero-order chi connectivity index (χ0) is 28.9. The summed E-state index contributed by atoms with van der Waals surface area (Å²) in [7, 11) is 3.28. The van der Waals surface area contributed by atoms with E-state index >= 15 is 0 Å². The largest absolute Gasteiger partial charge is 0.495 e. The molecule has 0 aliphatic carbocycles. The lowest BCUT2D eigenvalue weighted by molar-refractivity contribution is -0.124. The number of benzene rings is 2. The molecule has 2 unspecified atom stereocenters. The number of rotatable bonds is 10. The number of carbonyl (C=O) groups excluding carboxylic acids is 1. The van der Waals surface area contributed by atoms with Crippen LogP contribution < -0.4 is 20.3 Å². The third-order valence-electron chi connectivity index (χ3n) is 6.73. The number of nitrogens with zero attached hydrogens (tertiary/aromatic N) is 3. The quantitative estimate of drug-likeness (QED) is 0.294. The lowest BCUT2D eigenvalue weighted by Crippen LogP contribution is -2.38. The first-order chi connectivity index (χ1) is 19.9. The molecule has 1 aliphatic rings. The molecule has 10 nitrogen and oxygen atoms in total. The number of methoxy groups -OCH3 is 1. The summed E-state index contributed by atoms with van der Waals surface area (Å²) in [6.45, 7) is 0.313. The lowest BCUT2D eigenvalue weighted by atomic mass is 10.0. The van der Waals surface area contributed by atoms with E-state index in [2.05, 4.69) is 10.4 Å². The Morgan fingerprint density at radius 2 is 2.00 bits per heavy atom. The first-order valence-electron chi connectivity index (χ1n) is 13.1. The van der Waals surface area contributed by atoms with Gasteiger partial charge in [0.05, 0.1) is 44.7 Å². The molecule has 1 aliphatic heterocycles. The SMILES string of the molecule is COc1cn(C(CC2COCCO2)C(=O)Nc2ccc3nn(C)cc3c2)c(=O)cc1-c1cc(Cl)ccc1OCCF. The van der Waals surface area contributed by atoms with E-state index in [0.29, 0.717) is 53.2 Å². The van der Waals surface area contributed by atoms with Crippen molar-refractivity contribution in [2.45, 2.75) is 18.6 Å². The van der Waals surface area contributed by atoms with Crippen LogP contribution in [0.5, 0.6) is 11.5 Å². The zero-order valence-corrected chi connectivity index (χ0v) is 23.4. The second kappa shape index (κ2) is 12.7. The number of amides is 1. The summed E-state index contributed by atoms with van der Waals surface area (Å²) < 4.78 is 38.4. The highest BCUT2D eigenvalue weighted by atomic mass is 35.5. The van der Waals surface area contributed by atoms with Crippen LogP contribution in [0.4, 0.5) is 10.1 Å². The summed E-state index contributed by atoms with van der Waals surface area (Å²) in [4.78, 5) is 27.4. The molecule has 3 heterocycles. The number of hydrogen-bond donors (Lipinski definition) is 1. The molecule has 216 valence electrons. The zero-order valence-electron chi connectivity index (χ0n) is 22.6. The molecule has 0 bridgehead atoms. The maximum absolute atomic E-state index is 13.8. The first-order valence-corrected chi connectivity index (χ1v) is 13.5. The molecule has 0 saturated carbocycles. The van der Waals surface area contributed by atoms with Gasteiger partial charge in [0.1, 0.15) is 30.8 Å². The van der Waals surface area contributed by atoms with Crippen molar-refractivity contribution in [2.24, 2.45) is 7.05 Å². The summed E-state index contributed by atoms with van der Waals surface area (Å²) in [5.41, 5.74) is 1.75. The van der Waals surface area contributed by atoms with Crippen molar-refractivity contribution in [1.82, 2.24) is 14.3 Å². The Balaban J connectivity index is 1.52. The molecule has 2 aromatic carbocycles. The number of halogens is 2. The van der Waals surface area contributed by atoms with Crippen molar-refractivity contribution >= 4 is 34.1 Å². The normalized spacial score (nSPS) is 16.0. The molecule has 1 fully saturated rings. The third-order valence-corrected chi connectivity index (χ3v) is 6.96. The van der Waals surface area contributed by atoms with E-state index < -0.39 is 30.3 Å². The average molecular weight is 585 g/mol. The van der Waals surface area contributed by atoms with Gasteiger partial charge in [-0.3, -0.25) is 18.8 Å². The molecule has 4 aromatic rings. The predicted octanol–water partition coefficient (Wildman–Crippen LogP) is 4.40. The van der Waals surface area contributed by atoms with Crippen LogP contribution in [0.15, 0.2) is 59.7 Å². The minimum atomic E-state index is -0.955. The van der Waals surface area contributed by atoms with E-state index in [4.69, 9.17) is 30.5 Å². The fraction of sp³-hybridized carbons (Fsp3) is 0.345. The fourth-order valence-electron chi connectivity index (χ4n) is 4.85. The summed E-state index contributed by atoms with van der Waals surface area (Å²) in [6.07, 6.45) is 3.12. The van der Waals surface area contributed by atoms with Gasteiger partial charge < -0.3 is 24.3 Å². The molecule has 1 N–H and O–H groups in total. The Kier molecular flexibility index (Phi) is 8.87. The summed E-state index contributed by atoms with van der Waals surface area (Å²) in [5, 5.41) is 8.56. The summed E-state index contributed by atoms with van der Waals surface area (Å²) in [6, 6.07) is 10.6. The smallest absolute Gasteiger partial charge is 0.252 e. The summed E-state index contributed by atoms with van der Waals surface area (Å²) >= 11 is 6.24. The number of nitrogens with one attached hydrogen (secondary N) is 1. The fourth-order valence-corrected chi connectivity index (χ4v) is 5.03. The van der Waals surface area contributed by atoms with Gasteiger partial charge in [0.2, 0.25) is 5.91 Å². The molecule has 2 aromatic heterocycles. The maximum Gasteiger partial charge on any atom is 0.252 e. The number of aromatic nitrogens is 3. The number of anilines is 1. The highest BCUT2D eigenvalue weighted by Crippen LogP contribution is 2.38. The standard InChI is InChI=1S/C29H30ClFN4O6/c1-34-15-18-11-20(4-5-24(18)33-34)32-29(37)25(13-21-17-39-9-10-40-21)35-16-27(38-2)23(14-28(35)36)22-12-19(30)3-6-26(22)41-8-7-31/h3-6,11-12,14-16,21,25H,7-10,13,17H2,1-2H3,(H,32,37). The van der Waals surface area contributed by atoms with Gasteiger partial charge in [-0.05, 0) is 36.4 Å². The van der Waals surface area contributed by atoms with Crippen LogP contribution in [0.2, 0.25) is 5.02 Å². The van der Waals surface area contributed by atoms with Crippen LogP contribution in [0.25, 0.3) is 22.0 Å². The third kappa shape index (κ3) is 6.53. The van der Waals surface area contributed by atoms with Crippen molar-refractivity contribution in [1.29, 1.82) is 0 Å². The molecule has 1 saturated heterocycles. The van der Waals surface area contributed by atoms with Crippen LogP contribution in [-0.2, 0) is 21.3 Å². The number of pyridine rings is 1. The Bertz CT molecular complexity index is 1600. The molecule has 1 amide bonds. The summed E-state index contributed by atoms with van der Waals surface area (Å²) in [5.74, 6) is 0.233. The Morgan fingerprint density at radius 3 is 2.76 bits per heavy atom. The molecule has 5 rings (SSSR count). The molecular formula is C29H30ClFN4O6. The monoisotopic (exact) mass is 584 g/mol. The van der Waals surface area contributed by atoms with Crippen molar-refractivity contribution < 1.29 is 28.1 Å². The van der Waals surface area contributed by atoms with Crippen molar-refractivity contribution in [3.05, 3.63) is 70.2 Å². The Hall–Kier alpha value is -3.93. The molecule has 12 heteroatoms. The van der Waals surface area contributed by atoms with Crippen molar-refractivity contribution in [3.8, 4) is 22.6 Å². The molecule has 41 heavy (non-hydrogen) atoms. The highest BCUT2D eigenvalue weighted by molar-refractivity contribution is 6.31. The minimum Gasteiger partial charge on any atom is -0.495 e. The second-order valence-corrected chi connectivity index (χ2v) is 10.0. The van der Waals surface area contributed by atoms with Crippen LogP contribution in [0.1, 0.15) is 12.5 Å². The van der Waals surface area contributed by atoms with Gasteiger partial charge in [0.15, 0.2) is 0 Å². The van der Waals surface area contributed by atoms with Gasteiger partial charge in [-0.15, -0.1) is 0 Å². The Morgan fingerprint density at radius 1 is 1.17 bits per heavy atom. The number of alkyl halides is 1. The van der Waals surface area contributed by atoms with Gasteiger partial charge >= 0.3 is 0 Å². The average Bonchev–Trinajstić information content (AvgIpc) is 3.35. The van der Waals surface area contributed by atoms with Gasteiger partial charge in [-0.1, -0.05) is 11.6 Å². The number of ether oxygens (including phenoxy) is 4. The number of carbonyl (C=O) groups is 1. The van der Waals surface area contributed by atoms with Crippen LogP contribution >= 0.6 is 11.6 Å². The van der Waals surface area contributed by atoms with E-state index in [1.165, 1.54) is 23.9 Å². The maximum atomic E-state index is 13.8. The molecule has 0 radical (unpaired) electrons. The molecule has 0 spiro atoms. The van der Waals surface area contributed by atoms with E-state index in [1.807, 2.05) is 25.4 Å². The Labute approximate surface area is 240 Å². The lowest BCUT2D eigenvalue weighted by Gasteiger charge is -2.28. The predicted molar refractivity (Wildman–Crippen MR) is 153 cm³/mol. The number of aryl methyl sites for hydroxylation is 1. The van der Waals surface area contributed by atoms with E-state index in [9.17, 15) is 14.0 Å². The first kappa shape index (κ1) is 28.6. The van der Waals surface area contributed by atoms with E-state index in [-0.39, 0.29) is 13.0 Å². The van der Waals surface area contributed by atoms with E-state index in [0.717, 1.165) is 10.9 Å². The highest BCUT2D eigenvalue weighted by Gasteiger charge is 2.29. The van der Waals surface area contributed by atoms with Crippen LogP contribution in [-0.4, -0.2) is 66.6 Å². The number of fused-ring (bicyclic) bond motifs is 1. The van der Waals surface area contributed by atoms with Gasteiger partial charge in [-0.25, -0.2) is 4.39 Å². The van der Waals surface area contributed by atoms with Crippen molar-refractivity contribution in [3.63, 3.8) is 0 Å². The number of hydrogen-bond acceptors (Lipinski definition) is 7. The second-order valence-electron chi connectivity index (χ2n) is 9.56. The molecular weight excluding hydrogens is 555 g/mol. The van der Waals surface area contributed by atoms with Gasteiger partial charge in [-0.2, -0.15) is 5.10 Å². The van der Waals surface area contributed by atoms with Crippen LogP contribution in [0, 0.1) is 0 Å². The van der Waals surface area contributed by atoms with Gasteiger partial charge in [0.25, 0.3) is 5.56 Å². The van der Waals surface area contributed by atoms with Crippen LogP contribution in [0.3, 0.4) is 0 Å². The van der Waals surface area contributed by atoms with Gasteiger partial charge in [0, 0.05) is 53.0 Å². The minimum absolute atomic E-state index is 0.162. The topological polar surface area (TPSA) is 106 Å². The molecule has 2 atom stereocenters. The van der Waals surface area contributed by atoms with E-state index in [1.54, 1.807) is 28.9 Å². The van der Waals surface area contributed by atoms with Crippen molar-refractivity contribution in [2.75, 3.05) is 45.5 Å².